The Morgan fingerprint density at radius 2 is 1.90 bits per heavy atom. The van der Waals surface area contributed by atoms with Gasteiger partial charge in [0.1, 0.15) is 23.0 Å². The van der Waals surface area contributed by atoms with Crippen molar-refractivity contribution in [2.24, 2.45) is 0 Å². The van der Waals surface area contributed by atoms with Crippen molar-refractivity contribution >= 4 is 5.91 Å². The summed E-state index contributed by atoms with van der Waals surface area (Å²) in [6, 6.07) is 18.7. The van der Waals surface area contributed by atoms with Crippen LogP contribution in [0.2, 0.25) is 0 Å². The predicted octanol–water partition coefficient (Wildman–Crippen LogP) is 4.43. The largest absolute Gasteiger partial charge is 0.497 e. The Balaban J connectivity index is 1.69. The smallest absolute Gasteiger partial charge is 0.273 e. The first kappa shape index (κ1) is 19.0. The molecule has 1 atom stereocenters. The number of benzene rings is 2. The van der Waals surface area contributed by atoms with Gasteiger partial charge in [0.05, 0.1) is 38.8 Å². The zero-order chi connectivity index (χ0) is 21.4. The van der Waals surface area contributed by atoms with E-state index >= 15 is 0 Å². The molecule has 2 aromatic carbocycles. The number of nitrogens with one attached hydrogen (secondary N) is 1. The van der Waals surface area contributed by atoms with Gasteiger partial charge in [0.25, 0.3) is 5.91 Å². The van der Waals surface area contributed by atoms with Gasteiger partial charge in [0.15, 0.2) is 0 Å². The number of fused-ring (bicyclic) bond motifs is 1. The van der Waals surface area contributed by atoms with Crippen LogP contribution in [0, 0.1) is 0 Å². The number of carbonyl (C=O) groups excluding carboxylic acids is 1. The Morgan fingerprint density at radius 1 is 1.06 bits per heavy atom. The Morgan fingerprint density at radius 3 is 2.61 bits per heavy atom. The minimum atomic E-state index is -0.401. The third-order valence-electron chi connectivity index (χ3n) is 5.55. The van der Waals surface area contributed by atoms with Gasteiger partial charge in [-0.05, 0) is 24.3 Å². The van der Waals surface area contributed by atoms with Crippen LogP contribution < -0.4 is 9.47 Å². The summed E-state index contributed by atoms with van der Waals surface area (Å²) in [6.07, 6.45) is 1.61. The van der Waals surface area contributed by atoms with Crippen molar-refractivity contribution in [1.82, 2.24) is 15.1 Å². The van der Waals surface area contributed by atoms with E-state index in [0.29, 0.717) is 29.5 Å². The van der Waals surface area contributed by atoms with E-state index in [0.717, 1.165) is 22.4 Å². The summed E-state index contributed by atoms with van der Waals surface area (Å²) in [5.41, 5.74) is 3.83. The van der Waals surface area contributed by atoms with E-state index in [9.17, 15) is 4.79 Å². The molecule has 0 spiro atoms. The fourth-order valence-corrected chi connectivity index (χ4v) is 4.11. The van der Waals surface area contributed by atoms with Gasteiger partial charge in [-0.3, -0.25) is 9.89 Å². The molecular formula is C24H21N3O4. The summed E-state index contributed by atoms with van der Waals surface area (Å²) in [5.74, 6) is 1.88. The number of ether oxygens (including phenoxy) is 2. The highest BCUT2D eigenvalue weighted by atomic mass is 16.5. The summed E-state index contributed by atoms with van der Waals surface area (Å²) in [4.78, 5) is 15.2. The van der Waals surface area contributed by atoms with E-state index in [1.807, 2.05) is 60.7 Å². The van der Waals surface area contributed by atoms with Crippen LogP contribution >= 0.6 is 0 Å². The first-order chi connectivity index (χ1) is 15.2. The van der Waals surface area contributed by atoms with E-state index in [1.165, 1.54) is 0 Å². The zero-order valence-electron chi connectivity index (χ0n) is 17.2. The standard InChI is InChI=1S/C24H21N3O4/c1-29-16-10-11-18(19(13-16)30-2)23-20-21(15-7-4-3-5-8-15)25-26-22(20)24(28)27(23)14-17-9-6-12-31-17/h3-13,23H,14H2,1-2H3,(H,25,26)/t23-/m0/s1. The van der Waals surface area contributed by atoms with Crippen LogP contribution in [0.15, 0.2) is 71.3 Å². The van der Waals surface area contributed by atoms with E-state index in [-0.39, 0.29) is 5.91 Å². The molecule has 0 unspecified atom stereocenters. The lowest BCUT2D eigenvalue weighted by atomic mass is 9.95. The van der Waals surface area contributed by atoms with Crippen LogP contribution in [0.1, 0.15) is 33.4 Å². The number of methoxy groups -OCH3 is 2. The number of amides is 1. The lowest BCUT2D eigenvalue weighted by molar-refractivity contribution is 0.0715. The van der Waals surface area contributed by atoms with Gasteiger partial charge in [-0.1, -0.05) is 30.3 Å². The van der Waals surface area contributed by atoms with Crippen LogP contribution in [0.3, 0.4) is 0 Å². The van der Waals surface area contributed by atoms with Crippen molar-refractivity contribution in [3.05, 3.63) is 89.5 Å². The van der Waals surface area contributed by atoms with Crippen molar-refractivity contribution in [2.75, 3.05) is 14.2 Å². The predicted molar refractivity (Wildman–Crippen MR) is 114 cm³/mol. The fourth-order valence-electron chi connectivity index (χ4n) is 4.11. The Kier molecular flexibility index (Phi) is 4.71. The van der Waals surface area contributed by atoms with Crippen LogP contribution in [0.4, 0.5) is 0 Å². The monoisotopic (exact) mass is 415 g/mol. The summed E-state index contributed by atoms with van der Waals surface area (Å²) >= 11 is 0. The Hall–Kier alpha value is -4.00. The highest BCUT2D eigenvalue weighted by molar-refractivity contribution is 6.00. The Labute approximate surface area is 179 Å². The molecule has 1 amide bonds. The van der Waals surface area contributed by atoms with E-state index in [4.69, 9.17) is 13.9 Å². The molecule has 1 N–H and O–H groups in total. The van der Waals surface area contributed by atoms with Crippen molar-refractivity contribution in [3.63, 3.8) is 0 Å². The lowest BCUT2D eigenvalue weighted by Crippen LogP contribution is -2.29. The topological polar surface area (TPSA) is 80.6 Å². The number of H-pyrrole nitrogens is 1. The van der Waals surface area contributed by atoms with Gasteiger partial charge < -0.3 is 18.8 Å². The molecule has 4 aromatic rings. The van der Waals surface area contributed by atoms with E-state index < -0.39 is 6.04 Å². The highest BCUT2D eigenvalue weighted by Gasteiger charge is 2.43. The van der Waals surface area contributed by atoms with E-state index in [1.54, 1.807) is 25.4 Å². The third-order valence-corrected chi connectivity index (χ3v) is 5.55. The summed E-state index contributed by atoms with van der Waals surface area (Å²) in [5, 5.41) is 7.46. The number of aromatic nitrogens is 2. The summed E-state index contributed by atoms with van der Waals surface area (Å²) in [7, 11) is 3.22. The minimum absolute atomic E-state index is 0.135. The molecule has 7 heteroatoms. The number of furan rings is 1. The van der Waals surface area contributed by atoms with Gasteiger partial charge in [-0.2, -0.15) is 5.10 Å². The second kappa shape index (κ2) is 7.68. The first-order valence-electron chi connectivity index (χ1n) is 9.90. The van der Waals surface area contributed by atoms with Crippen LogP contribution in [0.25, 0.3) is 11.3 Å². The van der Waals surface area contributed by atoms with Gasteiger partial charge in [0.2, 0.25) is 0 Å². The van der Waals surface area contributed by atoms with Crippen LogP contribution in [-0.4, -0.2) is 35.2 Å². The van der Waals surface area contributed by atoms with Crippen LogP contribution in [-0.2, 0) is 6.54 Å². The first-order valence-corrected chi connectivity index (χ1v) is 9.90. The molecule has 156 valence electrons. The molecule has 5 rings (SSSR count). The number of hydrogen-bond acceptors (Lipinski definition) is 5. The molecule has 0 saturated carbocycles. The maximum Gasteiger partial charge on any atom is 0.273 e. The summed E-state index contributed by atoms with van der Waals surface area (Å²) < 4.78 is 16.6. The SMILES string of the molecule is COc1ccc([C@H]2c3c(-c4ccccc4)n[nH]c3C(=O)N2Cc2ccco2)c(OC)c1. The fraction of sp³-hybridized carbons (Fsp3) is 0.167. The van der Waals surface area contributed by atoms with Gasteiger partial charge in [-0.25, -0.2) is 0 Å². The van der Waals surface area contributed by atoms with Crippen molar-refractivity contribution in [1.29, 1.82) is 0 Å². The van der Waals surface area contributed by atoms with Gasteiger partial charge in [0, 0.05) is 22.8 Å². The maximum atomic E-state index is 13.4. The minimum Gasteiger partial charge on any atom is -0.497 e. The molecule has 0 radical (unpaired) electrons. The molecule has 2 aromatic heterocycles. The average molecular weight is 415 g/mol. The molecule has 31 heavy (non-hydrogen) atoms. The van der Waals surface area contributed by atoms with Crippen molar-refractivity contribution in [3.8, 4) is 22.8 Å². The van der Waals surface area contributed by atoms with E-state index in [2.05, 4.69) is 10.2 Å². The number of hydrogen-bond donors (Lipinski definition) is 1. The third kappa shape index (κ3) is 3.15. The van der Waals surface area contributed by atoms with Gasteiger partial charge in [-0.15, -0.1) is 0 Å². The molecule has 1 aliphatic rings. The number of aromatic amines is 1. The highest BCUT2D eigenvalue weighted by Crippen LogP contribution is 2.46. The normalized spacial score (nSPS) is 15.2. The quantitative estimate of drug-likeness (QED) is 0.504. The average Bonchev–Trinajstić information content (AvgIpc) is 3.54. The molecule has 0 fully saturated rings. The molecule has 0 saturated heterocycles. The molecule has 0 bridgehead atoms. The molecule has 1 aliphatic heterocycles. The Bertz CT molecular complexity index is 1220. The van der Waals surface area contributed by atoms with Crippen molar-refractivity contribution in [2.45, 2.75) is 12.6 Å². The number of rotatable bonds is 6. The molecule has 3 heterocycles. The summed E-state index contributed by atoms with van der Waals surface area (Å²) in [6.45, 7) is 0.322. The van der Waals surface area contributed by atoms with Crippen LogP contribution in [0.5, 0.6) is 11.5 Å². The molecule has 7 nitrogen and oxygen atoms in total. The molecular weight excluding hydrogens is 394 g/mol. The lowest BCUT2D eigenvalue weighted by Gasteiger charge is -2.27. The number of carbonyl (C=O) groups is 1. The molecule has 0 aliphatic carbocycles. The van der Waals surface area contributed by atoms with Crippen molar-refractivity contribution < 1.29 is 18.7 Å². The maximum absolute atomic E-state index is 13.4. The van der Waals surface area contributed by atoms with Gasteiger partial charge >= 0.3 is 0 Å². The second-order valence-electron chi connectivity index (χ2n) is 7.25. The number of nitrogens with zero attached hydrogens (tertiary/aromatic N) is 2. The second-order valence-corrected chi connectivity index (χ2v) is 7.25. The zero-order valence-corrected chi connectivity index (χ0v) is 17.2.